The molecule has 1 aromatic carbocycles. The number of hydrogen-bond donors (Lipinski definition) is 5. The van der Waals surface area contributed by atoms with Gasteiger partial charge in [0.2, 0.25) is 5.95 Å². The molecule has 1 amide bonds. The Balaban J connectivity index is 1.49. The Morgan fingerprint density at radius 3 is 2.66 bits per heavy atom. The molecule has 0 radical (unpaired) electrons. The molecule has 41 heavy (non-hydrogen) atoms. The van der Waals surface area contributed by atoms with E-state index >= 15 is 0 Å². The minimum atomic E-state index is -4.97. The highest BCUT2D eigenvalue weighted by atomic mass is 35.5. The Morgan fingerprint density at radius 2 is 2.02 bits per heavy atom. The second kappa shape index (κ2) is 11.0. The second-order valence-electron chi connectivity index (χ2n) is 9.62. The molecule has 5 N–H and O–H groups in total. The van der Waals surface area contributed by atoms with Crippen LogP contribution in [0, 0.1) is 22.7 Å². The number of fused-ring (bicyclic) bond motifs is 1. The van der Waals surface area contributed by atoms with Crippen LogP contribution in [0.3, 0.4) is 0 Å². The molecule has 5 rings (SSSR count). The van der Waals surface area contributed by atoms with Crippen LogP contribution < -0.4 is 15.5 Å². The van der Waals surface area contributed by atoms with E-state index in [1.165, 1.54) is 29.9 Å². The molecule has 3 heterocycles. The predicted molar refractivity (Wildman–Crippen MR) is 145 cm³/mol. The lowest BCUT2D eigenvalue weighted by atomic mass is 9.99. The van der Waals surface area contributed by atoms with Gasteiger partial charge in [-0.2, -0.15) is 20.0 Å². The molecule has 1 saturated carbocycles. The Morgan fingerprint density at radius 1 is 1.27 bits per heavy atom. The Hall–Kier alpha value is -4.18. The first kappa shape index (κ1) is 28.4. The van der Waals surface area contributed by atoms with E-state index in [1.807, 2.05) is 6.07 Å². The number of hydrogen-bond acceptors (Lipinski definition) is 11. The number of nitriles is 2. The van der Waals surface area contributed by atoms with E-state index in [9.17, 15) is 34.8 Å². The van der Waals surface area contributed by atoms with Crippen molar-refractivity contribution in [2.24, 2.45) is 0 Å². The topological polar surface area (TPSA) is 225 Å². The van der Waals surface area contributed by atoms with Crippen molar-refractivity contribution < 1.29 is 28.8 Å². The van der Waals surface area contributed by atoms with Gasteiger partial charge >= 0.3 is 13.9 Å². The highest BCUT2D eigenvalue weighted by Gasteiger charge is 2.39. The van der Waals surface area contributed by atoms with E-state index in [1.54, 1.807) is 4.90 Å². The fourth-order valence-corrected chi connectivity index (χ4v) is 5.47. The number of anilines is 4. The molecule has 214 valence electrons. The summed E-state index contributed by atoms with van der Waals surface area (Å²) in [6.45, 7) is 0.121. The second-order valence-corrected chi connectivity index (χ2v) is 11.2. The fraction of sp³-hybridized carbons (Fsp3) is 0.391. The van der Waals surface area contributed by atoms with Crippen LogP contribution in [0.2, 0.25) is 5.02 Å². The number of likely N-dealkylation sites (N-methyl/N-ethyl adjacent to an activating group) is 1. The first-order valence-corrected chi connectivity index (χ1v) is 14.3. The molecule has 0 unspecified atom stereocenters. The van der Waals surface area contributed by atoms with Gasteiger partial charge in [-0.25, -0.2) is 14.3 Å². The maximum absolute atomic E-state index is 11.7. The molecule has 2 fully saturated rings. The average molecular weight is 603 g/mol. The van der Waals surface area contributed by atoms with Gasteiger partial charge in [-0.05, 0) is 31.4 Å². The van der Waals surface area contributed by atoms with Crippen molar-refractivity contribution in [3.63, 3.8) is 0 Å². The largest absolute Gasteiger partial charge is 0.469 e. The number of phosphoric acid groups is 1. The summed E-state index contributed by atoms with van der Waals surface area (Å²) < 4.78 is 18.0. The zero-order valence-corrected chi connectivity index (χ0v) is 23.1. The zero-order chi connectivity index (χ0) is 29.5. The third kappa shape index (κ3) is 6.12. The van der Waals surface area contributed by atoms with E-state index in [2.05, 4.69) is 31.8 Å². The molecule has 1 saturated heterocycles. The van der Waals surface area contributed by atoms with Gasteiger partial charge < -0.3 is 35.3 Å². The number of nitrogens with zero attached hydrogens (tertiary/aromatic N) is 8. The summed E-state index contributed by atoms with van der Waals surface area (Å²) in [5, 5.41) is 39.5. The third-order valence-electron chi connectivity index (χ3n) is 6.76. The lowest BCUT2D eigenvalue weighted by Gasteiger charge is -2.42. The molecular weight excluding hydrogens is 579 g/mol. The summed E-state index contributed by atoms with van der Waals surface area (Å²) in [5.41, 5.74) is 1.38. The molecule has 16 nitrogen and oxygen atoms in total. The number of imidazole rings is 1. The van der Waals surface area contributed by atoms with Crippen LogP contribution in [0.5, 0.6) is 0 Å². The van der Waals surface area contributed by atoms with Crippen molar-refractivity contribution in [3.05, 3.63) is 34.6 Å². The average Bonchev–Trinajstić information content (AvgIpc) is 3.64. The first-order valence-electron chi connectivity index (χ1n) is 12.3. The predicted octanol–water partition coefficient (Wildman–Crippen LogP) is 2.51. The number of rotatable bonds is 8. The SMILES string of the molecule is CN(C(=O)O)[C@@H]1CCN(c2cc(C#N)cc(Nc3nc(NC4CC4)c4ncc(C#N)n4n3)c2Cl)C[C@@H]1OP(=O)(O)O. The molecular formula is C23H24ClN10O6P. The zero-order valence-electron chi connectivity index (χ0n) is 21.5. The summed E-state index contributed by atoms with van der Waals surface area (Å²) in [6.07, 6.45) is 1.01. The van der Waals surface area contributed by atoms with Crippen molar-refractivity contribution in [1.29, 1.82) is 10.5 Å². The molecule has 0 bridgehead atoms. The monoisotopic (exact) mass is 602 g/mol. The molecule has 3 aromatic rings. The first-order chi connectivity index (χ1) is 19.5. The highest BCUT2D eigenvalue weighted by molar-refractivity contribution is 7.46. The fourth-order valence-electron chi connectivity index (χ4n) is 4.63. The number of nitrogens with one attached hydrogen (secondary N) is 2. The van der Waals surface area contributed by atoms with Gasteiger partial charge in [0.05, 0.1) is 40.3 Å². The van der Waals surface area contributed by atoms with Crippen molar-refractivity contribution in [1.82, 2.24) is 24.5 Å². The number of halogens is 1. The normalized spacial score (nSPS) is 18.9. The molecule has 2 aliphatic rings. The minimum absolute atomic E-state index is 0.0718. The lowest BCUT2D eigenvalue weighted by Crippen LogP contribution is -2.55. The third-order valence-corrected chi connectivity index (χ3v) is 7.70. The Labute approximate surface area is 238 Å². The van der Waals surface area contributed by atoms with Gasteiger partial charge in [-0.1, -0.05) is 11.6 Å². The number of aromatic nitrogens is 4. The number of benzene rings is 1. The summed E-state index contributed by atoms with van der Waals surface area (Å²) in [6, 6.07) is 6.48. The number of amides is 1. The van der Waals surface area contributed by atoms with Crippen LogP contribution in [0.1, 0.15) is 30.5 Å². The quantitative estimate of drug-likeness (QED) is 0.233. The van der Waals surface area contributed by atoms with Gasteiger partial charge in [-0.15, -0.1) is 5.10 Å². The van der Waals surface area contributed by atoms with Gasteiger partial charge in [0.1, 0.15) is 12.2 Å². The van der Waals surface area contributed by atoms with Crippen LogP contribution in [-0.4, -0.2) is 83.8 Å². The summed E-state index contributed by atoms with van der Waals surface area (Å²) >= 11 is 6.79. The van der Waals surface area contributed by atoms with Crippen molar-refractivity contribution in [3.8, 4) is 12.1 Å². The summed E-state index contributed by atoms with van der Waals surface area (Å²) in [7, 11) is -3.67. The highest BCUT2D eigenvalue weighted by Crippen LogP contribution is 2.42. The maximum Gasteiger partial charge on any atom is 0.469 e. The number of piperidine rings is 1. The van der Waals surface area contributed by atoms with E-state index in [0.717, 1.165) is 17.7 Å². The van der Waals surface area contributed by atoms with Crippen molar-refractivity contribution in [2.45, 2.75) is 37.5 Å². The van der Waals surface area contributed by atoms with Crippen molar-refractivity contribution >= 4 is 54.3 Å². The van der Waals surface area contributed by atoms with Crippen LogP contribution >= 0.6 is 19.4 Å². The maximum atomic E-state index is 11.7. The van der Waals surface area contributed by atoms with Crippen molar-refractivity contribution in [2.75, 3.05) is 35.7 Å². The molecule has 1 aliphatic heterocycles. The van der Waals surface area contributed by atoms with Crippen LogP contribution in [0.4, 0.5) is 27.9 Å². The smallest absolute Gasteiger partial charge is 0.465 e. The lowest BCUT2D eigenvalue weighted by molar-refractivity contribution is 0.0441. The Kier molecular flexibility index (Phi) is 7.61. The summed E-state index contributed by atoms with van der Waals surface area (Å²) in [5.74, 6) is 0.490. The standard InChI is InChI=1S/C23H24ClN10O6P/c1-32(23(35)36)16-4-5-33(11-18(16)40-41(37,38)39)17-7-12(8-25)6-15(19(17)24)29-22-30-20(28-13-2-3-13)21-27-10-14(9-26)34(21)31-22/h6-7,10,13,16,18H,2-5,11H2,1H3,(H,35,36)(H2,37,38,39)(H2,28,29,30,31)/t16-,18+/m1/s1. The van der Waals surface area contributed by atoms with Gasteiger partial charge in [0.15, 0.2) is 17.2 Å². The molecule has 2 atom stereocenters. The Bertz CT molecular complexity index is 1640. The van der Waals surface area contributed by atoms with Crippen LogP contribution in [-0.2, 0) is 9.09 Å². The summed E-state index contributed by atoms with van der Waals surface area (Å²) in [4.78, 5) is 41.9. The van der Waals surface area contributed by atoms with Gasteiger partial charge in [0.25, 0.3) is 0 Å². The molecule has 0 spiro atoms. The minimum Gasteiger partial charge on any atom is -0.465 e. The number of carbonyl (C=O) groups is 1. The van der Waals surface area contributed by atoms with Crippen LogP contribution in [0.25, 0.3) is 5.65 Å². The van der Waals surface area contributed by atoms with Gasteiger partial charge in [-0.3, -0.25) is 4.52 Å². The van der Waals surface area contributed by atoms with E-state index in [0.29, 0.717) is 17.2 Å². The van der Waals surface area contributed by atoms with Gasteiger partial charge in [0, 0.05) is 26.2 Å². The molecule has 18 heteroatoms. The molecule has 2 aromatic heterocycles. The number of phosphoric ester groups is 1. The van der Waals surface area contributed by atoms with E-state index in [-0.39, 0.29) is 53.5 Å². The van der Waals surface area contributed by atoms with Crippen LogP contribution in [0.15, 0.2) is 18.3 Å². The number of carboxylic acid groups (broad SMARTS) is 1. The van der Waals surface area contributed by atoms with E-state index in [4.69, 9.17) is 16.1 Å². The molecule has 1 aliphatic carbocycles. The van der Waals surface area contributed by atoms with E-state index < -0.39 is 26.1 Å².